The number of hydrogen-bond donors (Lipinski definition) is 10. The van der Waals surface area contributed by atoms with Crippen molar-refractivity contribution in [2.45, 2.75) is 37.4 Å². The fraction of sp³-hybridized carbons (Fsp3) is 0.265. The summed E-state index contributed by atoms with van der Waals surface area (Å²) in [5.74, 6) is -2.40. The molecule has 2 heterocycles. The van der Waals surface area contributed by atoms with Crippen LogP contribution < -0.4 is 54.3 Å². The van der Waals surface area contributed by atoms with Crippen LogP contribution in [-0.2, 0) is 16.0 Å². The zero-order valence-corrected chi connectivity index (χ0v) is 27.7. The molecule has 4 amide bonds. The molecule has 18 nitrogen and oxygen atoms in total. The molecule has 4 aromatic rings. The van der Waals surface area contributed by atoms with Crippen molar-refractivity contribution in [2.24, 2.45) is 22.2 Å². The first kappa shape index (κ1) is 36.6. The molecule has 0 fully saturated rings. The highest BCUT2D eigenvalue weighted by Gasteiger charge is 2.28. The normalized spacial score (nSPS) is 18.1. The van der Waals surface area contributed by atoms with Gasteiger partial charge in [0.2, 0.25) is 11.8 Å². The lowest BCUT2D eigenvalue weighted by Gasteiger charge is -2.26. The SMILES string of the molecule is NC(N)=NCCC[C@@H]1COc2ccc(NC(=O)c3ccc4[nH]c(=O)c(=O)[nH]c4c3)cc2C(=O)NC[C@H](N)C(=O)N[C@H](Cc2ccc(O)cc2)C(=O)N1. The van der Waals surface area contributed by atoms with Crippen molar-refractivity contribution in [3.05, 3.63) is 98.1 Å². The van der Waals surface area contributed by atoms with E-state index in [-0.39, 0.29) is 65.9 Å². The summed E-state index contributed by atoms with van der Waals surface area (Å²) in [7, 11) is 0. The van der Waals surface area contributed by atoms with E-state index in [1.54, 1.807) is 12.1 Å². The second-order valence-corrected chi connectivity index (χ2v) is 12.0. The molecule has 272 valence electrons. The Hall–Kier alpha value is -6.69. The molecule has 5 rings (SSSR count). The molecular weight excluding hydrogens is 676 g/mol. The number of aromatic hydroxyl groups is 1. The van der Waals surface area contributed by atoms with Gasteiger partial charge in [-0.05, 0) is 66.9 Å². The summed E-state index contributed by atoms with van der Waals surface area (Å²) < 4.78 is 6.09. The van der Waals surface area contributed by atoms with Gasteiger partial charge < -0.3 is 58.3 Å². The van der Waals surface area contributed by atoms with E-state index in [0.29, 0.717) is 23.9 Å². The van der Waals surface area contributed by atoms with Crippen molar-refractivity contribution >= 4 is 46.3 Å². The average molecular weight is 715 g/mol. The number of nitrogens with one attached hydrogen (secondary N) is 6. The van der Waals surface area contributed by atoms with Crippen molar-refractivity contribution in [3.8, 4) is 11.5 Å². The Labute approximate surface area is 295 Å². The van der Waals surface area contributed by atoms with Crippen molar-refractivity contribution in [3.63, 3.8) is 0 Å². The Balaban J connectivity index is 1.40. The first-order valence-corrected chi connectivity index (χ1v) is 16.2. The maximum atomic E-state index is 13.6. The van der Waals surface area contributed by atoms with Gasteiger partial charge in [-0.3, -0.25) is 33.8 Å². The third kappa shape index (κ3) is 9.51. The second-order valence-electron chi connectivity index (χ2n) is 12.0. The van der Waals surface area contributed by atoms with Crippen LogP contribution in [0, 0.1) is 0 Å². The summed E-state index contributed by atoms with van der Waals surface area (Å²) in [4.78, 5) is 85.7. The standard InChI is InChI=1S/C34H38N10O8/c35-23-15-39-29(47)22-14-19(40-28(46)18-5-9-24-25(13-18)43-33(51)32(50)42-24)6-10-27(22)52-16-20(2-1-11-38-34(36)37)41-31(49)26(44-30(23)48)12-17-3-7-21(45)8-4-17/h3-10,13-14,20,23,26,45H,1-2,11-12,15-16,35H2,(H,39,47)(H,40,46)(H,41,49)(H,42,50)(H,43,51)(H,44,48)(H4,36,37,38)/t20-,23+,26-/m1/s1. The Bertz CT molecular complexity index is 2130. The Kier molecular flexibility index (Phi) is 11.5. The maximum absolute atomic E-state index is 13.6. The molecule has 1 aromatic heterocycles. The molecule has 3 aromatic carbocycles. The fourth-order valence-electron chi connectivity index (χ4n) is 5.35. The molecule has 0 radical (unpaired) electrons. The number of aliphatic imine (C=N–C) groups is 1. The van der Waals surface area contributed by atoms with E-state index >= 15 is 0 Å². The van der Waals surface area contributed by atoms with E-state index in [4.69, 9.17) is 21.9 Å². The summed E-state index contributed by atoms with van der Waals surface area (Å²) in [6, 6.07) is 11.9. The molecule has 0 spiro atoms. The van der Waals surface area contributed by atoms with Gasteiger partial charge in [0.25, 0.3) is 11.8 Å². The topological polar surface area (TPSA) is 302 Å². The highest BCUT2D eigenvalue weighted by molar-refractivity contribution is 6.07. The quantitative estimate of drug-likeness (QED) is 0.0452. The minimum absolute atomic E-state index is 0.00123. The number of aromatic amines is 2. The summed E-state index contributed by atoms with van der Waals surface area (Å²) in [6.45, 7) is -0.139. The fourth-order valence-corrected chi connectivity index (χ4v) is 5.35. The molecule has 0 bridgehead atoms. The third-order valence-corrected chi connectivity index (χ3v) is 8.09. The molecule has 3 atom stereocenters. The molecule has 52 heavy (non-hydrogen) atoms. The van der Waals surface area contributed by atoms with Crippen LogP contribution in [0.15, 0.2) is 75.2 Å². The van der Waals surface area contributed by atoms with Crippen LogP contribution in [0.4, 0.5) is 5.69 Å². The van der Waals surface area contributed by atoms with Crippen LogP contribution in [0.3, 0.4) is 0 Å². The lowest BCUT2D eigenvalue weighted by molar-refractivity contribution is -0.130. The Morgan fingerprint density at radius 3 is 2.37 bits per heavy atom. The predicted molar refractivity (Wildman–Crippen MR) is 191 cm³/mol. The summed E-state index contributed by atoms with van der Waals surface area (Å²) in [6.07, 6.45) is 0.873. The molecule has 1 aliphatic rings. The number of carbonyl (C=O) groups is 4. The summed E-state index contributed by atoms with van der Waals surface area (Å²) >= 11 is 0. The number of phenols is 1. The number of ether oxygens (including phenoxy) is 1. The second kappa shape index (κ2) is 16.3. The number of rotatable bonds is 8. The molecule has 0 unspecified atom stereocenters. The van der Waals surface area contributed by atoms with Crippen LogP contribution in [0.25, 0.3) is 11.0 Å². The maximum Gasteiger partial charge on any atom is 0.314 e. The molecular formula is C34H38N10O8. The predicted octanol–water partition coefficient (Wildman–Crippen LogP) is -1.11. The van der Waals surface area contributed by atoms with E-state index in [0.717, 1.165) is 0 Å². The smallest absolute Gasteiger partial charge is 0.314 e. The number of H-pyrrole nitrogens is 2. The van der Waals surface area contributed by atoms with Gasteiger partial charge in [-0.25, -0.2) is 0 Å². The Morgan fingerprint density at radius 2 is 1.63 bits per heavy atom. The zero-order valence-electron chi connectivity index (χ0n) is 27.7. The van der Waals surface area contributed by atoms with Gasteiger partial charge in [0.15, 0.2) is 5.96 Å². The van der Waals surface area contributed by atoms with E-state index in [2.05, 4.69) is 36.2 Å². The number of phenolic OH excluding ortho intramolecular Hbond substituents is 1. The number of carbonyl (C=O) groups excluding carboxylic acids is 4. The molecule has 13 N–H and O–H groups in total. The first-order valence-electron chi connectivity index (χ1n) is 16.2. The first-order chi connectivity index (χ1) is 24.9. The summed E-state index contributed by atoms with van der Waals surface area (Å²) in [5.41, 5.74) is 16.9. The monoisotopic (exact) mass is 714 g/mol. The summed E-state index contributed by atoms with van der Waals surface area (Å²) in [5, 5.41) is 20.6. The lowest BCUT2D eigenvalue weighted by atomic mass is 10.0. The van der Waals surface area contributed by atoms with Crippen LogP contribution in [0.5, 0.6) is 11.5 Å². The molecule has 0 saturated heterocycles. The minimum Gasteiger partial charge on any atom is -0.508 e. The highest BCUT2D eigenvalue weighted by atomic mass is 16.5. The van der Waals surface area contributed by atoms with Crippen molar-refractivity contribution in [2.75, 3.05) is 25.0 Å². The number of nitrogens with two attached hydrogens (primary N) is 3. The third-order valence-electron chi connectivity index (χ3n) is 8.09. The van der Waals surface area contributed by atoms with E-state index in [1.807, 2.05) is 0 Å². The van der Waals surface area contributed by atoms with Crippen molar-refractivity contribution in [1.82, 2.24) is 25.9 Å². The van der Waals surface area contributed by atoms with E-state index < -0.39 is 52.9 Å². The van der Waals surface area contributed by atoms with Gasteiger partial charge in [-0.2, -0.15) is 0 Å². The number of nitrogens with zero attached hydrogens (tertiary/aromatic N) is 1. The van der Waals surface area contributed by atoms with Crippen LogP contribution in [-0.4, -0.2) is 82.5 Å². The number of anilines is 1. The van der Waals surface area contributed by atoms with Gasteiger partial charge >= 0.3 is 11.1 Å². The molecule has 0 aliphatic carbocycles. The van der Waals surface area contributed by atoms with Crippen molar-refractivity contribution < 1.29 is 29.0 Å². The van der Waals surface area contributed by atoms with Crippen LogP contribution in [0.2, 0.25) is 0 Å². The number of guanidine groups is 1. The zero-order chi connectivity index (χ0) is 37.4. The van der Waals surface area contributed by atoms with E-state index in [1.165, 1.54) is 48.5 Å². The van der Waals surface area contributed by atoms with Gasteiger partial charge in [-0.1, -0.05) is 12.1 Å². The van der Waals surface area contributed by atoms with Gasteiger partial charge in [0.1, 0.15) is 30.2 Å². The number of amides is 4. The molecule has 18 heteroatoms. The average Bonchev–Trinajstić information content (AvgIpc) is 3.11. The number of benzene rings is 3. The highest BCUT2D eigenvalue weighted by Crippen LogP contribution is 2.25. The largest absolute Gasteiger partial charge is 0.508 e. The number of fused-ring (bicyclic) bond motifs is 2. The van der Waals surface area contributed by atoms with Crippen LogP contribution >= 0.6 is 0 Å². The van der Waals surface area contributed by atoms with Gasteiger partial charge in [0.05, 0.1) is 22.6 Å². The van der Waals surface area contributed by atoms with Gasteiger partial charge in [-0.15, -0.1) is 0 Å². The van der Waals surface area contributed by atoms with Crippen LogP contribution in [0.1, 0.15) is 39.1 Å². The minimum atomic E-state index is -1.25. The molecule has 1 aliphatic heterocycles. The number of aromatic nitrogens is 2. The Morgan fingerprint density at radius 1 is 0.904 bits per heavy atom. The van der Waals surface area contributed by atoms with Crippen molar-refractivity contribution in [1.29, 1.82) is 0 Å². The number of hydrogen-bond acceptors (Lipinski definition) is 10. The van der Waals surface area contributed by atoms with Gasteiger partial charge in [0, 0.05) is 30.8 Å². The molecule has 0 saturated carbocycles. The van der Waals surface area contributed by atoms with E-state index in [9.17, 15) is 33.9 Å². The lowest BCUT2D eigenvalue weighted by Crippen LogP contribution is -2.56.